The first-order valence-electron chi connectivity index (χ1n) is 11.3. The third kappa shape index (κ3) is 6.41. The van der Waals surface area contributed by atoms with Gasteiger partial charge in [0.25, 0.3) is 0 Å². The van der Waals surface area contributed by atoms with Gasteiger partial charge in [-0.3, -0.25) is 4.79 Å². The van der Waals surface area contributed by atoms with E-state index in [4.69, 9.17) is 4.74 Å². The number of benzene rings is 1. The van der Waals surface area contributed by atoms with E-state index in [0.29, 0.717) is 13.1 Å². The molecule has 1 unspecified atom stereocenters. The number of nitrogens with zero attached hydrogens (tertiary/aromatic N) is 5. The summed E-state index contributed by atoms with van der Waals surface area (Å²) in [5.41, 5.74) is -0.941. The van der Waals surface area contributed by atoms with Gasteiger partial charge in [0, 0.05) is 26.1 Å². The van der Waals surface area contributed by atoms with Gasteiger partial charge in [0.2, 0.25) is 11.9 Å². The number of nitriles is 1. The van der Waals surface area contributed by atoms with Crippen LogP contribution in [0, 0.1) is 28.9 Å². The number of imidazole rings is 1. The number of carbonyl (C=O) groups excluding carboxylic acids is 2. The normalized spacial score (nSPS) is 12.0. The second-order valence-electron chi connectivity index (χ2n) is 8.41. The Morgan fingerprint density at radius 2 is 2.03 bits per heavy atom. The molecule has 2 aromatic rings. The lowest BCUT2D eigenvalue weighted by molar-refractivity contribution is -0.119. The Kier molecular flexibility index (Phi) is 9.74. The molecule has 0 saturated heterocycles. The first-order valence-corrected chi connectivity index (χ1v) is 11.3. The van der Waals surface area contributed by atoms with Crippen molar-refractivity contribution >= 4 is 29.0 Å². The number of halogens is 2. The van der Waals surface area contributed by atoms with Crippen LogP contribution in [0.3, 0.4) is 0 Å². The molecule has 1 aromatic carbocycles. The fourth-order valence-electron chi connectivity index (χ4n) is 3.56. The summed E-state index contributed by atoms with van der Waals surface area (Å²) in [6.07, 6.45) is 0.987. The summed E-state index contributed by atoms with van der Waals surface area (Å²) in [5.74, 6) is -2.22. The van der Waals surface area contributed by atoms with Crippen molar-refractivity contribution in [3.05, 3.63) is 23.3 Å². The fraction of sp³-hybridized carbons (Fsp3) is 0.565. The number of hydrogen-bond donors (Lipinski definition) is 1. The fourth-order valence-corrected chi connectivity index (χ4v) is 3.56. The zero-order valence-corrected chi connectivity index (χ0v) is 20.3. The van der Waals surface area contributed by atoms with E-state index in [9.17, 15) is 19.2 Å². The molecule has 34 heavy (non-hydrogen) atoms. The van der Waals surface area contributed by atoms with E-state index in [1.165, 1.54) is 4.57 Å². The molecule has 0 radical (unpaired) electrons. The van der Waals surface area contributed by atoms with E-state index in [2.05, 4.69) is 10.3 Å². The molecule has 1 atom stereocenters. The minimum absolute atomic E-state index is 0.0428. The molecule has 0 bridgehead atoms. The van der Waals surface area contributed by atoms with Crippen molar-refractivity contribution in [2.24, 2.45) is 5.92 Å². The average Bonchev–Trinajstić information content (AvgIpc) is 3.15. The third-order valence-corrected chi connectivity index (χ3v) is 5.28. The SMILES string of the molecule is CCCC(C)Cn1c(N(COC(=O)NCCN(C)C)C(=O)CC)nc2c(F)cc(C#N)c(F)c21. The second kappa shape index (κ2) is 12.3. The quantitative estimate of drug-likeness (QED) is 0.495. The predicted molar refractivity (Wildman–Crippen MR) is 124 cm³/mol. The Morgan fingerprint density at radius 1 is 1.32 bits per heavy atom. The van der Waals surface area contributed by atoms with E-state index >= 15 is 4.39 Å². The molecular formula is C23H32F2N6O3. The van der Waals surface area contributed by atoms with Gasteiger partial charge in [-0.05, 0) is 32.5 Å². The highest BCUT2D eigenvalue weighted by Gasteiger charge is 2.28. The lowest BCUT2D eigenvalue weighted by Crippen LogP contribution is -2.39. The number of carbonyl (C=O) groups is 2. The highest BCUT2D eigenvalue weighted by atomic mass is 19.1. The molecular weight excluding hydrogens is 446 g/mol. The van der Waals surface area contributed by atoms with Gasteiger partial charge in [-0.2, -0.15) is 5.26 Å². The van der Waals surface area contributed by atoms with Crippen molar-refractivity contribution in [2.75, 3.05) is 38.8 Å². The van der Waals surface area contributed by atoms with E-state index < -0.39 is 35.9 Å². The maximum atomic E-state index is 15.2. The number of alkyl carbamates (subject to hydrolysis) is 1. The molecule has 2 rings (SSSR count). The van der Waals surface area contributed by atoms with Crippen molar-refractivity contribution in [2.45, 2.75) is 46.6 Å². The molecule has 0 saturated carbocycles. The van der Waals surface area contributed by atoms with Gasteiger partial charge in [-0.1, -0.05) is 27.2 Å². The van der Waals surface area contributed by atoms with Crippen LogP contribution in [0.25, 0.3) is 11.0 Å². The summed E-state index contributed by atoms with van der Waals surface area (Å²) >= 11 is 0. The molecule has 11 heteroatoms. The molecule has 1 aromatic heterocycles. The number of anilines is 1. The molecule has 9 nitrogen and oxygen atoms in total. The van der Waals surface area contributed by atoms with Gasteiger partial charge < -0.3 is 19.5 Å². The zero-order chi connectivity index (χ0) is 25.4. The smallest absolute Gasteiger partial charge is 0.408 e. The van der Waals surface area contributed by atoms with Crippen LogP contribution in [0.2, 0.25) is 0 Å². The summed E-state index contributed by atoms with van der Waals surface area (Å²) in [5, 5.41) is 11.8. The number of aromatic nitrogens is 2. The Hall–Kier alpha value is -3.26. The van der Waals surface area contributed by atoms with Crippen LogP contribution in [0.4, 0.5) is 19.5 Å². The van der Waals surface area contributed by atoms with Crippen molar-refractivity contribution < 1.29 is 23.1 Å². The van der Waals surface area contributed by atoms with Crippen molar-refractivity contribution in [1.82, 2.24) is 19.8 Å². The van der Waals surface area contributed by atoms with Gasteiger partial charge in [0.05, 0.1) is 5.56 Å². The van der Waals surface area contributed by atoms with E-state index in [1.54, 1.807) is 13.0 Å². The molecule has 0 aliphatic carbocycles. The highest BCUT2D eigenvalue weighted by molar-refractivity contribution is 5.94. The summed E-state index contributed by atoms with van der Waals surface area (Å²) in [4.78, 5) is 32.1. The number of nitrogens with one attached hydrogen (secondary N) is 1. The van der Waals surface area contributed by atoms with Gasteiger partial charge >= 0.3 is 6.09 Å². The van der Waals surface area contributed by atoms with Crippen LogP contribution < -0.4 is 10.2 Å². The predicted octanol–water partition coefficient (Wildman–Crippen LogP) is 3.61. The Balaban J connectivity index is 2.51. The summed E-state index contributed by atoms with van der Waals surface area (Å²) in [6.45, 7) is 6.25. The number of amides is 2. The van der Waals surface area contributed by atoms with Crippen LogP contribution in [-0.2, 0) is 16.1 Å². The zero-order valence-electron chi connectivity index (χ0n) is 20.3. The van der Waals surface area contributed by atoms with Crippen molar-refractivity contribution in [1.29, 1.82) is 5.26 Å². The summed E-state index contributed by atoms with van der Waals surface area (Å²) in [6, 6.07) is 2.44. The largest absolute Gasteiger partial charge is 0.428 e. The van der Waals surface area contributed by atoms with E-state index in [-0.39, 0.29) is 35.9 Å². The van der Waals surface area contributed by atoms with Crippen molar-refractivity contribution in [3.63, 3.8) is 0 Å². The molecule has 0 aliphatic rings. The number of ether oxygens (including phenoxy) is 1. The number of rotatable bonds is 11. The lowest BCUT2D eigenvalue weighted by Gasteiger charge is -2.23. The number of hydrogen-bond acceptors (Lipinski definition) is 6. The molecule has 0 aliphatic heterocycles. The van der Waals surface area contributed by atoms with Gasteiger partial charge in [0.15, 0.2) is 18.4 Å². The van der Waals surface area contributed by atoms with Crippen LogP contribution in [0.1, 0.15) is 45.6 Å². The second-order valence-corrected chi connectivity index (χ2v) is 8.41. The summed E-state index contributed by atoms with van der Waals surface area (Å²) < 4.78 is 36.5. The molecule has 186 valence electrons. The molecule has 0 spiro atoms. The maximum Gasteiger partial charge on any atom is 0.408 e. The molecule has 0 fully saturated rings. The van der Waals surface area contributed by atoms with Gasteiger partial charge in [0.1, 0.15) is 17.1 Å². The third-order valence-electron chi connectivity index (χ3n) is 5.28. The number of fused-ring (bicyclic) bond motifs is 1. The van der Waals surface area contributed by atoms with Gasteiger partial charge in [-0.15, -0.1) is 0 Å². The van der Waals surface area contributed by atoms with Crippen LogP contribution >= 0.6 is 0 Å². The first kappa shape index (κ1) is 27.0. The van der Waals surface area contributed by atoms with Crippen LogP contribution in [0.15, 0.2) is 6.07 Å². The van der Waals surface area contributed by atoms with Gasteiger partial charge in [-0.25, -0.2) is 23.5 Å². The molecule has 2 amide bonds. The first-order chi connectivity index (χ1) is 16.1. The Morgan fingerprint density at radius 3 is 2.62 bits per heavy atom. The molecule has 1 heterocycles. The Labute approximate surface area is 198 Å². The molecule has 1 N–H and O–H groups in total. The van der Waals surface area contributed by atoms with Crippen molar-refractivity contribution in [3.8, 4) is 6.07 Å². The summed E-state index contributed by atoms with van der Waals surface area (Å²) in [7, 11) is 3.71. The highest BCUT2D eigenvalue weighted by Crippen LogP contribution is 2.31. The minimum Gasteiger partial charge on any atom is -0.428 e. The van der Waals surface area contributed by atoms with Crippen LogP contribution in [0.5, 0.6) is 0 Å². The lowest BCUT2D eigenvalue weighted by atomic mass is 10.1. The monoisotopic (exact) mass is 478 g/mol. The van der Waals surface area contributed by atoms with E-state index in [1.807, 2.05) is 32.8 Å². The topological polar surface area (TPSA) is 103 Å². The maximum absolute atomic E-state index is 15.2. The number of likely N-dealkylation sites (N-methyl/N-ethyl adjacent to an activating group) is 1. The standard InChI is InChI=1S/C23H32F2N6O3/c1-6-8-15(3)13-30-21-19(25)16(12-26)11-17(24)20(21)28-22(30)31(18(32)7-2)14-34-23(33)27-9-10-29(4)5/h11,15H,6-10,13-14H2,1-5H3,(H,27,33). The minimum atomic E-state index is -0.910. The van der Waals surface area contributed by atoms with E-state index in [0.717, 1.165) is 23.8 Å². The Bertz CT molecular complexity index is 1060. The average molecular weight is 479 g/mol. The van der Waals surface area contributed by atoms with Crippen LogP contribution in [-0.4, -0.2) is 60.4 Å².